The lowest BCUT2D eigenvalue weighted by molar-refractivity contribution is -0.132. The second-order valence-corrected chi connectivity index (χ2v) is 8.39. The number of ether oxygens (including phenoxy) is 2. The van der Waals surface area contributed by atoms with Crippen LogP contribution in [0.4, 0.5) is 5.13 Å². The van der Waals surface area contributed by atoms with E-state index in [4.69, 9.17) is 9.47 Å². The normalized spacial score (nSPS) is 17.8. The number of rotatable bonds is 5. The first kappa shape index (κ1) is 21.1. The summed E-state index contributed by atoms with van der Waals surface area (Å²) in [4.78, 5) is 31.6. The monoisotopic (exact) mass is 500 g/mol. The number of carbonyl (C=O) groups excluding carboxylic acids is 2. The van der Waals surface area contributed by atoms with Gasteiger partial charge in [-0.1, -0.05) is 34.1 Å². The van der Waals surface area contributed by atoms with E-state index >= 15 is 0 Å². The van der Waals surface area contributed by atoms with Gasteiger partial charge < -0.3 is 14.6 Å². The maximum Gasteiger partial charge on any atom is 0.301 e. The number of aromatic nitrogens is 1. The van der Waals surface area contributed by atoms with Gasteiger partial charge in [-0.3, -0.25) is 14.5 Å². The van der Waals surface area contributed by atoms with Crippen molar-refractivity contribution in [2.45, 2.75) is 6.04 Å². The highest BCUT2D eigenvalue weighted by molar-refractivity contribution is 9.10. The molecule has 1 aromatic heterocycles. The number of anilines is 1. The lowest BCUT2D eigenvalue weighted by Gasteiger charge is -2.23. The van der Waals surface area contributed by atoms with Crippen LogP contribution in [0.25, 0.3) is 5.76 Å². The molecule has 1 fully saturated rings. The Hall–Kier alpha value is -3.17. The number of ketones is 1. The number of methoxy groups -OCH3 is 2. The average Bonchev–Trinajstić information content (AvgIpc) is 3.40. The first-order chi connectivity index (χ1) is 15.0. The second kappa shape index (κ2) is 8.52. The Bertz CT molecular complexity index is 1180. The summed E-state index contributed by atoms with van der Waals surface area (Å²) in [7, 11) is 3.02. The van der Waals surface area contributed by atoms with Gasteiger partial charge in [-0.05, 0) is 29.8 Å². The minimum atomic E-state index is -0.880. The maximum absolute atomic E-state index is 13.1. The van der Waals surface area contributed by atoms with Crippen LogP contribution >= 0.6 is 27.3 Å². The molecular weight excluding hydrogens is 484 g/mol. The molecule has 0 aliphatic carbocycles. The molecule has 0 radical (unpaired) electrons. The molecule has 9 heteroatoms. The van der Waals surface area contributed by atoms with E-state index in [9.17, 15) is 14.7 Å². The molecule has 0 unspecified atom stereocenters. The Morgan fingerprint density at radius 1 is 1.10 bits per heavy atom. The Labute approximate surface area is 190 Å². The number of hydrogen-bond donors (Lipinski definition) is 1. The average molecular weight is 501 g/mol. The highest BCUT2D eigenvalue weighted by Gasteiger charge is 2.48. The third-order valence-corrected chi connectivity index (χ3v) is 6.21. The molecule has 2 heterocycles. The molecule has 1 saturated heterocycles. The standard InChI is InChI=1S/C22H17BrN2O5S/c1-29-15-8-5-13(11-16(15)30-2)18-17(19(26)12-3-6-14(23)7-4-12)20(27)21(28)25(18)22-24-9-10-31-22/h3-11,18,26H,1-2H3/t18-/m1/s1. The summed E-state index contributed by atoms with van der Waals surface area (Å²) in [6, 6.07) is 11.1. The molecule has 0 saturated carbocycles. The van der Waals surface area contributed by atoms with Crippen molar-refractivity contribution in [2.75, 3.05) is 19.1 Å². The van der Waals surface area contributed by atoms with Gasteiger partial charge in [0.15, 0.2) is 16.6 Å². The number of benzene rings is 2. The molecule has 158 valence electrons. The quantitative estimate of drug-likeness (QED) is 0.314. The van der Waals surface area contributed by atoms with Crippen LogP contribution in [0.5, 0.6) is 11.5 Å². The van der Waals surface area contributed by atoms with Crippen LogP contribution in [0.2, 0.25) is 0 Å². The lowest BCUT2D eigenvalue weighted by atomic mass is 9.95. The molecule has 31 heavy (non-hydrogen) atoms. The van der Waals surface area contributed by atoms with Crippen LogP contribution in [-0.2, 0) is 9.59 Å². The van der Waals surface area contributed by atoms with Crippen molar-refractivity contribution >= 4 is 49.8 Å². The Morgan fingerprint density at radius 3 is 2.42 bits per heavy atom. The zero-order valence-electron chi connectivity index (χ0n) is 16.5. The highest BCUT2D eigenvalue weighted by Crippen LogP contribution is 2.44. The van der Waals surface area contributed by atoms with E-state index in [0.717, 1.165) is 4.47 Å². The minimum absolute atomic E-state index is 0.0188. The van der Waals surface area contributed by atoms with E-state index < -0.39 is 17.7 Å². The Kier molecular flexibility index (Phi) is 5.79. The molecule has 1 aliphatic rings. The fourth-order valence-electron chi connectivity index (χ4n) is 3.47. The highest BCUT2D eigenvalue weighted by atomic mass is 79.9. The van der Waals surface area contributed by atoms with Crippen molar-refractivity contribution < 1.29 is 24.2 Å². The first-order valence-electron chi connectivity index (χ1n) is 9.14. The van der Waals surface area contributed by atoms with Crippen LogP contribution in [-0.4, -0.2) is 36.0 Å². The minimum Gasteiger partial charge on any atom is -0.507 e. The third kappa shape index (κ3) is 3.70. The van der Waals surface area contributed by atoms with E-state index in [1.807, 2.05) is 0 Å². The van der Waals surface area contributed by atoms with Crippen LogP contribution in [0, 0.1) is 0 Å². The van der Waals surface area contributed by atoms with E-state index in [-0.39, 0.29) is 11.3 Å². The molecule has 1 aliphatic heterocycles. The summed E-state index contributed by atoms with van der Waals surface area (Å²) in [5, 5.41) is 13.1. The molecule has 1 amide bonds. The van der Waals surface area contributed by atoms with E-state index in [1.165, 1.54) is 30.5 Å². The van der Waals surface area contributed by atoms with Crippen molar-refractivity contribution in [3.05, 3.63) is 75.2 Å². The predicted octanol–water partition coefficient (Wildman–Crippen LogP) is 4.55. The fraction of sp³-hybridized carbons (Fsp3) is 0.136. The Morgan fingerprint density at radius 2 is 1.81 bits per heavy atom. The van der Waals surface area contributed by atoms with Gasteiger partial charge >= 0.3 is 5.91 Å². The number of amides is 1. The summed E-state index contributed by atoms with van der Waals surface area (Å²) in [6.45, 7) is 0. The van der Waals surface area contributed by atoms with E-state index in [2.05, 4.69) is 20.9 Å². The topological polar surface area (TPSA) is 89.0 Å². The van der Waals surface area contributed by atoms with Crippen molar-refractivity contribution in [1.29, 1.82) is 0 Å². The number of thiazole rings is 1. The zero-order chi connectivity index (χ0) is 22.1. The van der Waals surface area contributed by atoms with Crippen molar-refractivity contribution in [1.82, 2.24) is 4.98 Å². The fourth-order valence-corrected chi connectivity index (χ4v) is 4.40. The predicted molar refractivity (Wildman–Crippen MR) is 121 cm³/mol. The number of hydrogen-bond acceptors (Lipinski definition) is 7. The number of halogens is 1. The third-order valence-electron chi connectivity index (χ3n) is 4.91. The van der Waals surface area contributed by atoms with Gasteiger partial charge in [0, 0.05) is 21.6 Å². The summed E-state index contributed by atoms with van der Waals surface area (Å²) in [5.41, 5.74) is 0.978. The van der Waals surface area contributed by atoms with Crippen molar-refractivity contribution in [2.24, 2.45) is 0 Å². The van der Waals surface area contributed by atoms with Crippen LogP contribution in [0.3, 0.4) is 0 Å². The van der Waals surface area contributed by atoms with Gasteiger partial charge in [0.05, 0.1) is 25.8 Å². The molecule has 3 aromatic rings. The number of nitrogens with zero attached hydrogens (tertiary/aromatic N) is 2. The van der Waals surface area contributed by atoms with Gasteiger partial charge in [-0.15, -0.1) is 11.3 Å². The SMILES string of the molecule is COc1ccc([C@@H]2C(=C(O)c3ccc(Br)cc3)C(=O)C(=O)N2c2nccs2)cc1OC. The second-order valence-electron chi connectivity index (χ2n) is 6.61. The summed E-state index contributed by atoms with van der Waals surface area (Å²) in [5.74, 6) is -0.854. The molecular formula is C22H17BrN2O5S. The molecule has 2 aromatic carbocycles. The number of aliphatic hydroxyl groups is 1. The van der Waals surface area contributed by atoms with E-state index in [0.29, 0.717) is 27.8 Å². The number of carbonyl (C=O) groups is 2. The van der Waals surface area contributed by atoms with Gasteiger partial charge in [-0.2, -0.15) is 0 Å². The number of aliphatic hydroxyl groups excluding tert-OH is 1. The van der Waals surface area contributed by atoms with Gasteiger partial charge in [0.1, 0.15) is 5.76 Å². The largest absolute Gasteiger partial charge is 0.507 e. The van der Waals surface area contributed by atoms with Crippen LogP contribution < -0.4 is 14.4 Å². The summed E-state index contributed by atoms with van der Waals surface area (Å²) in [6.07, 6.45) is 1.56. The summed E-state index contributed by atoms with van der Waals surface area (Å²) < 4.78 is 11.5. The Balaban J connectivity index is 1.94. The van der Waals surface area contributed by atoms with E-state index in [1.54, 1.807) is 54.0 Å². The van der Waals surface area contributed by atoms with Gasteiger partial charge in [0.2, 0.25) is 0 Å². The van der Waals surface area contributed by atoms with Crippen LogP contribution in [0.1, 0.15) is 17.2 Å². The van der Waals surface area contributed by atoms with Gasteiger partial charge in [-0.25, -0.2) is 4.98 Å². The lowest BCUT2D eigenvalue weighted by Crippen LogP contribution is -2.29. The smallest absolute Gasteiger partial charge is 0.301 e. The molecule has 7 nitrogen and oxygen atoms in total. The summed E-state index contributed by atoms with van der Waals surface area (Å²) >= 11 is 4.58. The molecule has 1 atom stereocenters. The van der Waals surface area contributed by atoms with Crippen molar-refractivity contribution in [3.8, 4) is 11.5 Å². The molecule has 0 bridgehead atoms. The molecule has 4 rings (SSSR count). The maximum atomic E-state index is 13.1. The van der Waals surface area contributed by atoms with Crippen LogP contribution in [0.15, 0.2) is 64.1 Å². The molecule has 0 spiro atoms. The number of Topliss-reactive ketones (excluding diaryl/α,β-unsaturated/α-hetero) is 1. The zero-order valence-corrected chi connectivity index (χ0v) is 18.9. The van der Waals surface area contributed by atoms with Gasteiger partial charge in [0.25, 0.3) is 5.78 Å². The van der Waals surface area contributed by atoms with Crippen molar-refractivity contribution in [3.63, 3.8) is 0 Å². The molecule has 1 N–H and O–H groups in total. The first-order valence-corrected chi connectivity index (χ1v) is 10.8.